The summed E-state index contributed by atoms with van der Waals surface area (Å²) in [5.41, 5.74) is -1.19. The fraction of sp³-hybridized carbons (Fsp3) is 0.444. The van der Waals surface area contributed by atoms with Gasteiger partial charge in [-0.3, -0.25) is 19.7 Å². The summed E-state index contributed by atoms with van der Waals surface area (Å²) in [4.78, 5) is 33.4. The molecule has 1 aliphatic heterocycles. The van der Waals surface area contributed by atoms with Gasteiger partial charge in [0.2, 0.25) is 11.4 Å². The Balaban J connectivity index is 0.000000640. The Labute approximate surface area is 166 Å². The van der Waals surface area contributed by atoms with Crippen LogP contribution in [0.5, 0.6) is 17.2 Å². The highest BCUT2D eigenvalue weighted by Gasteiger charge is 2.59. The van der Waals surface area contributed by atoms with Crippen LogP contribution in [0.15, 0.2) is 17.9 Å². The molecule has 2 atom stereocenters. The summed E-state index contributed by atoms with van der Waals surface area (Å²) in [7, 11) is 5.20. The zero-order valence-corrected chi connectivity index (χ0v) is 16.8. The van der Waals surface area contributed by atoms with Gasteiger partial charge in [-0.2, -0.15) is 0 Å². The molecule has 0 fully saturated rings. The molecular formula is C18H20ClNO8. The number of ketones is 2. The largest absolute Gasteiger partial charge is 0.496 e. The predicted molar refractivity (Wildman–Crippen MR) is 99.0 cm³/mol. The third-order valence-corrected chi connectivity index (χ3v) is 4.86. The molecule has 0 bridgehead atoms. The highest BCUT2D eigenvalue weighted by atomic mass is 35.5. The molecule has 1 aliphatic carbocycles. The van der Waals surface area contributed by atoms with E-state index in [4.69, 9.17) is 40.7 Å². The molecule has 10 heteroatoms. The molecule has 0 saturated carbocycles. The highest BCUT2D eigenvalue weighted by Crippen LogP contribution is 2.54. The third kappa shape index (κ3) is 3.37. The standard InChI is InChI=1S/C17H17ClO6.CH3NO2/c1-8-5-9(19)6-12(23-4)17(8)16(20)13-10(21-2)7-11(22-3)14(18)15(13)24-17;1-2(3)4/h6-8H,5H2,1-4H3;1H3/t8-,17+;/m1./s1. The average molecular weight is 414 g/mol. The molecule has 0 radical (unpaired) electrons. The molecule has 0 unspecified atom stereocenters. The number of carbonyl (C=O) groups excluding carboxylic acids is 2. The summed E-state index contributed by atoms with van der Waals surface area (Å²) in [6.07, 6.45) is 1.48. The Hall–Kier alpha value is -2.81. The lowest BCUT2D eigenvalue weighted by molar-refractivity contribution is -0.445. The lowest BCUT2D eigenvalue weighted by Crippen LogP contribution is -2.51. The molecule has 0 saturated heterocycles. The minimum absolute atomic E-state index is 0.118. The van der Waals surface area contributed by atoms with Crippen LogP contribution < -0.4 is 14.2 Å². The number of fused-ring (bicyclic) bond motifs is 1. The maximum absolute atomic E-state index is 13.3. The first-order valence-corrected chi connectivity index (χ1v) is 8.57. The van der Waals surface area contributed by atoms with Crippen LogP contribution >= 0.6 is 11.6 Å². The van der Waals surface area contributed by atoms with Crippen molar-refractivity contribution in [1.29, 1.82) is 0 Å². The Morgan fingerprint density at radius 3 is 2.29 bits per heavy atom. The van der Waals surface area contributed by atoms with Crippen LogP contribution in [0.25, 0.3) is 0 Å². The molecule has 28 heavy (non-hydrogen) atoms. The first-order chi connectivity index (χ1) is 13.1. The van der Waals surface area contributed by atoms with E-state index < -0.39 is 16.4 Å². The summed E-state index contributed by atoms with van der Waals surface area (Å²) in [5, 5.41) is 8.98. The van der Waals surface area contributed by atoms with E-state index in [1.807, 2.05) is 0 Å². The minimum atomic E-state index is -1.42. The molecule has 152 valence electrons. The number of nitro groups is 1. The van der Waals surface area contributed by atoms with Crippen LogP contribution in [-0.2, 0) is 9.53 Å². The molecule has 1 aromatic carbocycles. The third-order valence-electron chi connectivity index (χ3n) is 4.50. The number of Topliss-reactive ketones (excluding diaryl/α,β-unsaturated/α-hetero) is 1. The van der Waals surface area contributed by atoms with Crippen LogP contribution in [0.2, 0.25) is 5.02 Å². The summed E-state index contributed by atoms with van der Waals surface area (Å²) in [5.74, 6) is 0.107. The summed E-state index contributed by atoms with van der Waals surface area (Å²) < 4.78 is 21.9. The number of halogens is 1. The second kappa shape index (κ2) is 8.05. The van der Waals surface area contributed by atoms with E-state index in [0.29, 0.717) is 11.5 Å². The first-order valence-electron chi connectivity index (χ1n) is 8.19. The van der Waals surface area contributed by atoms with Crippen LogP contribution in [0.1, 0.15) is 23.7 Å². The molecule has 2 aliphatic rings. The molecule has 0 amide bonds. The predicted octanol–water partition coefficient (Wildman–Crippen LogP) is 2.70. The van der Waals surface area contributed by atoms with Crippen molar-refractivity contribution in [2.45, 2.75) is 18.9 Å². The lowest BCUT2D eigenvalue weighted by Gasteiger charge is -2.36. The number of hydrogen-bond acceptors (Lipinski definition) is 8. The maximum Gasteiger partial charge on any atom is 0.231 e. The van der Waals surface area contributed by atoms with Crippen molar-refractivity contribution in [2.75, 3.05) is 28.4 Å². The van der Waals surface area contributed by atoms with E-state index in [9.17, 15) is 9.59 Å². The van der Waals surface area contributed by atoms with Gasteiger partial charge in [-0.1, -0.05) is 18.5 Å². The summed E-state index contributed by atoms with van der Waals surface area (Å²) in [6, 6.07) is 1.54. The van der Waals surface area contributed by atoms with Gasteiger partial charge in [0.05, 0.1) is 21.3 Å². The lowest BCUT2D eigenvalue weighted by atomic mass is 9.75. The monoisotopic (exact) mass is 413 g/mol. The number of nitrogens with zero attached hydrogens (tertiary/aromatic N) is 1. The van der Waals surface area contributed by atoms with E-state index >= 15 is 0 Å². The Kier molecular flexibility index (Phi) is 6.18. The molecule has 1 heterocycles. The number of rotatable bonds is 3. The Morgan fingerprint density at radius 1 is 1.21 bits per heavy atom. The smallest absolute Gasteiger partial charge is 0.231 e. The molecular weight excluding hydrogens is 394 g/mol. The number of benzene rings is 1. The first kappa shape index (κ1) is 21.5. The van der Waals surface area contributed by atoms with Crippen molar-refractivity contribution in [3.63, 3.8) is 0 Å². The SMILES string of the molecule is COC1=CC(=O)C[C@@H](C)[C@]12Oc1c(Cl)c(OC)cc(OC)c1C2=O.C[N+](=O)[O-]. The van der Waals surface area contributed by atoms with Gasteiger partial charge < -0.3 is 18.9 Å². The van der Waals surface area contributed by atoms with Crippen molar-refractivity contribution in [3.05, 3.63) is 38.6 Å². The number of hydrogen-bond donors (Lipinski definition) is 0. The molecule has 0 N–H and O–H groups in total. The van der Waals surface area contributed by atoms with Crippen LogP contribution in [0, 0.1) is 16.0 Å². The maximum atomic E-state index is 13.3. The number of methoxy groups -OCH3 is 3. The van der Waals surface area contributed by atoms with Crippen LogP contribution in [0.4, 0.5) is 0 Å². The van der Waals surface area contributed by atoms with Gasteiger partial charge in [0.1, 0.15) is 22.1 Å². The zero-order chi connectivity index (χ0) is 21.2. The van der Waals surface area contributed by atoms with Gasteiger partial charge in [0.15, 0.2) is 24.3 Å². The van der Waals surface area contributed by atoms with Gasteiger partial charge in [-0.15, -0.1) is 0 Å². The van der Waals surface area contributed by atoms with E-state index in [0.717, 1.165) is 7.05 Å². The van der Waals surface area contributed by atoms with E-state index in [1.165, 1.54) is 33.5 Å². The van der Waals surface area contributed by atoms with Crippen molar-refractivity contribution in [2.24, 2.45) is 5.92 Å². The summed E-state index contributed by atoms with van der Waals surface area (Å²) in [6.45, 7) is 1.77. The van der Waals surface area contributed by atoms with Crippen molar-refractivity contribution < 1.29 is 33.5 Å². The van der Waals surface area contributed by atoms with Crippen molar-refractivity contribution in [1.82, 2.24) is 0 Å². The van der Waals surface area contributed by atoms with Gasteiger partial charge in [-0.25, -0.2) is 0 Å². The average Bonchev–Trinajstić information content (AvgIpc) is 2.93. The highest BCUT2D eigenvalue weighted by molar-refractivity contribution is 6.35. The number of allylic oxidation sites excluding steroid dienone is 1. The molecule has 1 spiro atoms. The topological polar surface area (TPSA) is 114 Å². The fourth-order valence-electron chi connectivity index (χ4n) is 3.30. The second-order valence-electron chi connectivity index (χ2n) is 6.19. The van der Waals surface area contributed by atoms with Gasteiger partial charge in [0, 0.05) is 29.4 Å². The second-order valence-corrected chi connectivity index (χ2v) is 6.57. The van der Waals surface area contributed by atoms with Gasteiger partial charge in [-0.05, 0) is 0 Å². The normalized spacial score (nSPS) is 22.5. The van der Waals surface area contributed by atoms with Crippen LogP contribution in [-0.4, -0.2) is 50.5 Å². The number of ether oxygens (including phenoxy) is 4. The van der Waals surface area contributed by atoms with E-state index in [2.05, 4.69) is 0 Å². The Morgan fingerprint density at radius 2 is 1.79 bits per heavy atom. The minimum Gasteiger partial charge on any atom is -0.496 e. The number of carbonyl (C=O) groups is 2. The van der Waals surface area contributed by atoms with Crippen molar-refractivity contribution in [3.8, 4) is 17.2 Å². The summed E-state index contributed by atoms with van der Waals surface area (Å²) >= 11 is 6.33. The molecule has 1 aromatic rings. The van der Waals surface area contributed by atoms with Gasteiger partial charge >= 0.3 is 0 Å². The molecule has 3 rings (SSSR count). The molecule has 9 nitrogen and oxygen atoms in total. The van der Waals surface area contributed by atoms with E-state index in [-0.39, 0.29) is 40.1 Å². The Bertz CT molecular complexity index is 862. The molecule has 0 aromatic heterocycles. The van der Waals surface area contributed by atoms with Crippen molar-refractivity contribution >= 4 is 23.2 Å². The zero-order valence-electron chi connectivity index (χ0n) is 16.0. The van der Waals surface area contributed by atoms with Gasteiger partial charge in [0.25, 0.3) is 0 Å². The van der Waals surface area contributed by atoms with Crippen LogP contribution in [0.3, 0.4) is 0 Å². The van der Waals surface area contributed by atoms with E-state index in [1.54, 1.807) is 6.92 Å². The quantitative estimate of drug-likeness (QED) is 0.548. The fourth-order valence-corrected chi connectivity index (χ4v) is 3.56.